The average molecular weight is 411 g/mol. The second kappa shape index (κ2) is 10.9. The summed E-state index contributed by atoms with van der Waals surface area (Å²) in [6.45, 7) is 6.97. The SMILES string of the molecule is Cc1ccc(COCCCOCC[C@H]2C[C@@H]2c2cncc(OCC3CCN3)c2)cc1. The fourth-order valence-corrected chi connectivity index (χ4v) is 3.85. The molecular weight excluding hydrogens is 376 g/mol. The van der Waals surface area contributed by atoms with Gasteiger partial charge in [-0.3, -0.25) is 4.98 Å². The standard InChI is InChI=1S/C25H34N2O3/c1-19-3-5-20(6-4-19)17-29-11-2-10-28-12-8-21-14-25(21)22-13-24(16-26-15-22)30-18-23-7-9-27-23/h3-6,13,15-16,21,23,25,27H,2,7-12,14,17-18H2,1H3/t21-,23?,25-/m0/s1. The van der Waals surface area contributed by atoms with Crippen LogP contribution in [0.4, 0.5) is 0 Å². The van der Waals surface area contributed by atoms with Gasteiger partial charge in [0, 0.05) is 32.1 Å². The highest BCUT2D eigenvalue weighted by molar-refractivity contribution is 5.30. The number of aromatic nitrogens is 1. The van der Waals surface area contributed by atoms with Crippen molar-refractivity contribution in [3.05, 3.63) is 59.4 Å². The Morgan fingerprint density at radius 2 is 1.90 bits per heavy atom. The van der Waals surface area contributed by atoms with Crippen LogP contribution in [0.5, 0.6) is 5.75 Å². The molecule has 0 radical (unpaired) electrons. The zero-order valence-corrected chi connectivity index (χ0v) is 18.0. The van der Waals surface area contributed by atoms with Gasteiger partial charge in [0.15, 0.2) is 0 Å². The van der Waals surface area contributed by atoms with Crippen LogP contribution in [0, 0.1) is 12.8 Å². The Labute approximate surface area is 180 Å². The van der Waals surface area contributed by atoms with E-state index >= 15 is 0 Å². The van der Waals surface area contributed by atoms with Crippen LogP contribution in [0.25, 0.3) is 0 Å². The second-order valence-corrected chi connectivity index (χ2v) is 8.60. The van der Waals surface area contributed by atoms with Crippen molar-refractivity contribution in [2.24, 2.45) is 5.92 Å². The molecule has 5 heteroatoms. The van der Waals surface area contributed by atoms with Gasteiger partial charge in [0.1, 0.15) is 12.4 Å². The van der Waals surface area contributed by atoms with Crippen LogP contribution in [-0.4, -0.2) is 44.0 Å². The van der Waals surface area contributed by atoms with Crippen LogP contribution in [0.15, 0.2) is 42.7 Å². The van der Waals surface area contributed by atoms with Crippen molar-refractivity contribution in [1.29, 1.82) is 0 Å². The molecule has 1 saturated heterocycles. The number of nitrogens with zero attached hydrogens (tertiary/aromatic N) is 1. The molecule has 3 atom stereocenters. The Balaban J connectivity index is 1.04. The van der Waals surface area contributed by atoms with Gasteiger partial charge in [-0.25, -0.2) is 0 Å². The Morgan fingerprint density at radius 3 is 2.70 bits per heavy atom. The molecule has 5 nitrogen and oxygen atoms in total. The molecule has 30 heavy (non-hydrogen) atoms. The summed E-state index contributed by atoms with van der Waals surface area (Å²) in [6.07, 6.45) is 8.31. The molecule has 0 amide bonds. The first kappa shape index (κ1) is 21.3. The molecule has 1 aromatic carbocycles. The van der Waals surface area contributed by atoms with Gasteiger partial charge in [-0.2, -0.15) is 0 Å². The van der Waals surface area contributed by atoms with E-state index in [1.807, 2.05) is 12.4 Å². The molecule has 2 fully saturated rings. The smallest absolute Gasteiger partial charge is 0.137 e. The first-order chi connectivity index (χ1) is 14.8. The summed E-state index contributed by atoms with van der Waals surface area (Å²) in [5.41, 5.74) is 3.82. The Kier molecular flexibility index (Phi) is 7.73. The molecule has 2 heterocycles. The molecule has 0 bridgehead atoms. The third-order valence-corrected chi connectivity index (χ3v) is 6.06. The quantitative estimate of drug-likeness (QED) is 0.501. The van der Waals surface area contributed by atoms with Crippen LogP contribution in [0.1, 0.15) is 48.3 Å². The number of hydrogen-bond acceptors (Lipinski definition) is 5. The molecule has 4 rings (SSSR count). The maximum absolute atomic E-state index is 5.88. The minimum Gasteiger partial charge on any atom is -0.490 e. The van der Waals surface area contributed by atoms with Crippen molar-refractivity contribution in [3.8, 4) is 5.75 Å². The van der Waals surface area contributed by atoms with E-state index in [4.69, 9.17) is 14.2 Å². The molecular formula is C25H34N2O3. The number of hydrogen-bond donors (Lipinski definition) is 1. The Hall–Kier alpha value is -1.95. The summed E-state index contributed by atoms with van der Waals surface area (Å²) in [5.74, 6) is 2.23. The lowest BCUT2D eigenvalue weighted by molar-refractivity contribution is 0.0735. The fourth-order valence-electron chi connectivity index (χ4n) is 3.85. The number of rotatable bonds is 13. The molecule has 1 aromatic heterocycles. The van der Waals surface area contributed by atoms with Gasteiger partial charge in [0.2, 0.25) is 0 Å². The minimum atomic E-state index is 0.507. The number of ether oxygens (including phenoxy) is 3. The van der Waals surface area contributed by atoms with Gasteiger partial charge in [-0.05, 0) is 68.2 Å². The average Bonchev–Trinajstić information content (AvgIpc) is 3.50. The fraction of sp³-hybridized carbons (Fsp3) is 0.560. The lowest BCUT2D eigenvalue weighted by atomic mass is 10.1. The molecule has 162 valence electrons. The zero-order chi connectivity index (χ0) is 20.6. The van der Waals surface area contributed by atoms with Crippen LogP contribution in [-0.2, 0) is 16.1 Å². The lowest BCUT2D eigenvalue weighted by Gasteiger charge is -2.27. The maximum Gasteiger partial charge on any atom is 0.137 e. The van der Waals surface area contributed by atoms with Crippen molar-refractivity contribution >= 4 is 0 Å². The second-order valence-electron chi connectivity index (χ2n) is 8.60. The third kappa shape index (κ3) is 6.53. The molecule has 1 aliphatic carbocycles. The summed E-state index contributed by atoms with van der Waals surface area (Å²) < 4.78 is 17.4. The van der Waals surface area contributed by atoms with Crippen molar-refractivity contribution in [1.82, 2.24) is 10.3 Å². The number of aryl methyl sites for hydroxylation is 1. The predicted molar refractivity (Wildman–Crippen MR) is 118 cm³/mol. The zero-order valence-electron chi connectivity index (χ0n) is 18.0. The summed E-state index contributed by atoms with van der Waals surface area (Å²) in [5, 5.41) is 3.36. The highest BCUT2D eigenvalue weighted by atomic mass is 16.5. The molecule has 2 aliphatic rings. The van der Waals surface area contributed by atoms with Gasteiger partial charge in [-0.1, -0.05) is 29.8 Å². The van der Waals surface area contributed by atoms with Crippen LogP contribution in [0.2, 0.25) is 0 Å². The molecule has 1 aliphatic heterocycles. The molecule has 1 saturated carbocycles. The van der Waals surface area contributed by atoms with E-state index < -0.39 is 0 Å². The first-order valence-corrected chi connectivity index (χ1v) is 11.3. The van der Waals surface area contributed by atoms with Gasteiger partial charge in [0.25, 0.3) is 0 Å². The molecule has 0 spiro atoms. The van der Waals surface area contributed by atoms with Crippen LogP contribution < -0.4 is 10.1 Å². The predicted octanol–water partition coefficient (Wildman–Crippen LogP) is 4.25. The van der Waals surface area contributed by atoms with Gasteiger partial charge in [0.05, 0.1) is 12.8 Å². The number of nitrogens with one attached hydrogen (secondary N) is 1. The van der Waals surface area contributed by atoms with E-state index in [1.54, 1.807) is 0 Å². The lowest BCUT2D eigenvalue weighted by Crippen LogP contribution is -2.46. The van der Waals surface area contributed by atoms with E-state index in [-0.39, 0.29) is 0 Å². The third-order valence-electron chi connectivity index (χ3n) is 6.06. The van der Waals surface area contributed by atoms with Gasteiger partial charge < -0.3 is 19.5 Å². The summed E-state index contributed by atoms with van der Waals surface area (Å²) in [6, 6.07) is 11.2. The highest BCUT2D eigenvalue weighted by Crippen LogP contribution is 2.49. The monoisotopic (exact) mass is 410 g/mol. The summed E-state index contributed by atoms with van der Waals surface area (Å²) >= 11 is 0. The van der Waals surface area contributed by atoms with Crippen molar-refractivity contribution < 1.29 is 14.2 Å². The van der Waals surface area contributed by atoms with Crippen molar-refractivity contribution in [2.45, 2.75) is 51.2 Å². The normalized spacial score (nSPS) is 22.5. The van der Waals surface area contributed by atoms with Crippen LogP contribution >= 0.6 is 0 Å². The van der Waals surface area contributed by atoms with Crippen LogP contribution in [0.3, 0.4) is 0 Å². The molecule has 1 N–H and O–H groups in total. The highest BCUT2D eigenvalue weighted by Gasteiger charge is 2.38. The first-order valence-electron chi connectivity index (χ1n) is 11.3. The van der Waals surface area contributed by atoms with E-state index in [1.165, 1.54) is 29.5 Å². The number of benzene rings is 1. The molecule has 2 aromatic rings. The van der Waals surface area contributed by atoms with E-state index in [0.717, 1.165) is 51.6 Å². The van der Waals surface area contributed by atoms with Gasteiger partial charge >= 0.3 is 0 Å². The number of pyridine rings is 1. The molecule has 1 unspecified atom stereocenters. The maximum atomic E-state index is 5.88. The van der Waals surface area contributed by atoms with E-state index in [0.29, 0.717) is 24.5 Å². The van der Waals surface area contributed by atoms with Crippen molar-refractivity contribution in [3.63, 3.8) is 0 Å². The van der Waals surface area contributed by atoms with E-state index in [9.17, 15) is 0 Å². The summed E-state index contributed by atoms with van der Waals surface area (Å²) in [4.78, 5) is 4.38. The Morgan fingerprint density at radius 1 is 1.07 bits per heavy atom. The minimum absolute atomic E-state index is 0.507. The van der Waals surface area contributed by atoms with Gasteiger partial charge in [-0.15, -0.1) is 0 Å². The van der Waals surface area contributed by atoms with E-state index in [2.05, 4.69) is 47.6 Å². The van der Waals surface area contributed by atoms with Crippen molar-refractivity contribution in [2.75, 3.05) is 33.0 Å². The Bertz CT molecular complexity index is 776. The topological polar surface area (TPSA) is 52.6 Å². The summed E-state index contributed by atoms with van der Waals surface area (Å²) in [7, 11) is 0. The largest absolute Gasteiger partial charge is 0.490 e.